The molecule has 3 aliphatic rings. The summed E-state index contributed by atoms with van der Waals surface area (Å²) in [5, 5.41) is 0. The predicted molar refractivity (Wildman–Crippen MR) is 132 cm³/mol. The second kappa shape index (κ2) is 7.83. The highest BCUT2D eigenvalue weighted by atomic mass is 16.5. The number of nitrogen functional groups attached to an aromatic ring is 1. The number of methoxy groups -OCH3 is 2. The minimum absolute atomic E-state index is 0.0197. The van der Waals surface area contributed by atoms with Gasteiger partial charge in [0, 0.05) is 30.8 Å². The van der Waals surface area contributed by atoms with Crippen LogP contribution < -0.4 is 19.9 Å². The lowest BCUT2D eigenvalue weighted by Gasteiger charge is -2.39. The molecule has 2 aliphatic carbocycles. The lowest BCUT2D eigenvalue weighted by atomic mass is 9.69. The summed E-state index contributed by atoms with van der Waals surface area (Å²) in [5.41, 5.74) is 9.77. The van der Waals surface area contributed by atoms with E-state index in [-0.39, 0.29) is 22.4 Å². The van der Waals surface area contributed by atoms with E-state index in [0.29, 0.717) is 76.9 Å². The number of hydrogen-bond donors (Lipinski definition) is 1. The van der Waals surface area contributed by atoms with Crippen LogP contribution in [-0.4, -0.2) is 30.8 Å². The van der Waals surface area contributed by atoms with Crippen molar-refractivity contribution in [3.63, 3.8) is 0 Å². The molecule has 1 aromatic heterocycles. The van der Waals surface area contributed by atoms with Crippen LogP contribution in [0.15, 0.2) is 29.5 Å². The zero-order valence-corrected chi connectivity index (χ0v) is 21.2. The van der Waals surface area contributed by atoms with Gasteiger partial charge in [-0.1, -0.05) is 33.8 Å². The average molecular weight is 477 g/mol. The van der Waals surface area contributed by atoms with Gasteiger partial charge in [-0.25, -0.2) is 4.98 Å². The minimum Gasteiger partial charge on any atom is -0.493 e. The molecule has 0 radical (unpaired) electrons. The van der Waals surface area contributed by atoms with Crippen LogP contribution in [0.5, 0.6) is 17.4 Å². The summed E-state index contributed by atoms with van der Waals surface area (Å²) >= 11 is 0. The van der Waals surface area contributed by atoms with E-state index in [1.165, 1.54) is 0 Å². The fourth-order valence-corrected chi connectivity index (χ4v) is 5.80. The number of benzene rings is 1. The summed E-state index contributed by atoms with van der Waals surface area (Å²) < 4.78 is 17.3. The van der Waals surface area contributed by atoms with E-state index in [1.807, 2.05) is 18.2 Å². The number of fused-ring (bicyclic) bond motifs is 2. The maximum Gasteiger partial charge on any atom is 0.225 e. The van der Waals surface area contributed by atoms with Crippen LogP contribution in [-0.2, 0) is 11.2 Å². The van der Waals surface area contributed by atoms with Crippen molar-refractivity contribution in [2.75, 3.05) is 20.0 Å². The number of ether oxygens (including phenoxy) is 3. The number of aromatic nitrogens is 1. The lowest BCUT2D eigenvalue weighted by molar-refractivity contribution is -0.118. The van der Waals surface area contributed by atoms with Gasteiger partial charge in [0.15, 0.2) is 23.1 Å². The van der Waals surface area contributed by atoms with Gasteiger partial charge in [-0.3, -0.25) is 9.59 Å². The van der Waals surface area contributed by atoms with Crippen molar-refractivity contribution in [1.82, 2.24) is 4.98 Å². The Labute approximate surface area is 205 Å². The first-order valence-electron chi connectivity index (χ1n) is 12.0. The van der Waals surface area contributed by atoms with Crippen molar-refractivity contribution in [3.8, 4) is 17.4 Å². The third kappa shape index (κ3) is 3.77. The number of nitrogens with zero attached hydrogens (tertiary/aromatic N) is 1. The van der Waals surface area contributed by atoms with E-state index in [9.17, 15) is 9.59 Å². The van der Waals surface area contributed by atoms with Crippen molar-refractivity contribution in [1.29, 1.82) is 0 Å². The third-order valence-corrected chi connectivity index (χ3v) is 7.30. The molecule has 7 nitrogen and oxygen atoms in total. The molecule has 0 bridgehead atoms. The number of ketones is 2. The molecule has 2 heterocycles. The largest absolute Gasteiger partial charge is 0.493 e. The number of anilines is 1. The first kappa shape index (κ1) is 23.4. The lowest BCUT2D eigenvalue weighted by Crippen LogP contribution is -2.35. The van der Waals surface area contributed by atoms with Crippen molar-refractivity contribution in [2.24, 2.45) is 10.8 Å². The first-order valence-corrected chi connectivity index (χ1v) is 12.0. The second-order valence-electron chi connectivity index (χ2n) is 11.4. The maximum absolute atomic E-state index is 13.5. The summed E-state index contributed by atoms with van der Waals surface area (Å²) in [6, 6.07) is 5.58. The van der Waals surface area contributed by atoms with Gasteiger partial charge in [-0.05, 0) is 34.9 Å². The van der Waals surface area contributed by atoms with Crippen molar-refractivity contribution >= 4 is 17.3 Å². The Kier molecular flexibility index (Phi) is 5.24. The molecule has 0 amide bonds. The van der Waals surface area contributed by atoms with Crippen LogP contribution in [0.2, 0.25) is 0 Å². The molecule has 0 fully saturated rings. The Hall–Kier alpha value is -3.35. The highest BCUT2D eigenvalue weighted by molar-refractivity contribution is 6.05. The van der Waals surface area contributed by atoms with Crippen LogP contribution in [0.1, 0.15) is 80.1 Å². The highest BCUT2D eigenvalue weighted by Crippen LogP contribution is 2.53. The quantitative estimate of drug-likeness (QED) is 0.665. The SMILES string of the molecule is COc1ccc(C2C3=C(CC(C)(C)CC3=O)Oc3nc4c(c(N)c32)C(=O)CC(C)(C)C4)cc1OC. The van der Waals surface area contributed by atoms with Gasteiger partial charge >= 0.3 is 0 Å². The van der Waals surface area contributed by atoms with Crippen molar-refractivity contribution in [3.05, 3.63) is 51.9 Å². The van der Waals surface area contributed by atoms with E-state index in [2.05, 4.69) is 27.7 Å². The molecular weight excluding hydrogens is 444 g/mol. The summed E-state index contributed by atoms with van der Waals surface area (Å²) in [6.07, 6.45) is 2.04. The molecule has 0 saturated heterocycles. The summed E-state index contributed by atoms with van der Waals surface area (Å²) in [5.74, 6) is 1.63. The van der Waals surface area contributed by atoms with Crippen LogP contribution in [0, 0.1) is 10.8 Å². The number of rotatable bonds is 3. The van der Waals surface area contributed by atoms with Crippen molar-refractivity contribution in [2.45, 2.75) is 59.3 Å². The van der Waals surface area contributed by atoms with E-state index < -0.39 is 5.92 Å². The number of pyridine rings is 1. The third-order valence-electron chi connectivity index (χ3n) is 7.30. The van der Waals surface area contributed by atoms with Gasteiger partial charge in [0.05, 0.1) is 36.7 Å². The second-order valence-corrected chi connectivity index (χ2v) is 11.4. The normalized spacial score (nSPS) is 22.1. The fraction of sp³-hybridized carbons (Fsp3) is 0.464. The Balaban J connectivity index is 1.78. The molecule has 2 N–H and O–H groups in total. The zero-order chi connectivity index (χ0) is 25.3. The van der Waals surface area contributed by atoms with Crippen LogP contribution in [0.4, 0.5) is 5.69 Å². The molecule has 2 aromatic rings. The Morgan fingerprint density at radius 1 is 0.943 bits per heavy atom. The Morgan fingerprint density at radius 3 is 2.29 bits per heavy atom. The Bertz CT molecular complexity index is 1300. The zero-order valence-electron chi connectivity index (χ0n) is 21.2. The Morgan fingerprint density at radius 2 is 1.60 bits per heavy atom. The van der Waals surface area contributed by atoms with Gasteiger partial charge in [-0.2, -0.15) is 0 Å². The molecule has 1 aromatic carbocycles. The van der Waals surface area contributed by atoms with E-state index in [0.717, 1.165) is 5.56 Å². The average Bonchev–Trinajstić information content (AvgIpc) is 2.75. The molecular formula is C28H32N2O5. The number of nitrogens with two attached hydrogens (primary N) is 1. The van der Waals surface area contributed by atoms with Crippen LogP contribution in [0.3, 0.4) is 0 Å². The molecule has 1 unspecified atom stereocenters. The topological polar surface area (TPSA) is 101 Å². The van der Waals surface area contributed by atoms with E-state index >= 15 is 0 Å². The molecule has 184 valence electrons. The van der Waals surface area contributed by atoms with Crippen molar-refractivity contribution < 1.29 is 23.8 Å². The molecule has 35 heavy (non-hydrogen) atoms. The van der Waals surface area contributed by atoms with Crippen LogP contribution >= 0.6 is 0 Å². The molecule has 0 saturated carbocycles. The van der Waals surface area contributed by atoms with Gasteiger partial charge in [-0.15, -0.1) is 0 Å². The smallest absolute Gasteiger partial charge is 0.225 e. The van der Waals surface area contributed by atoms with Crippen LogP contribution in [0.25, 0.3) is 0 Å². The van der Waals surface area contributed by atoms with E-state index in [4.69, 9.17) is 24.9 Å². The molecule has 5 rings (SSSR count). The van der Waals surface area contributed by atoms with E-state index in [1.54, 1.807) is 14.2 Å². The fourth-order valence-electron chi connectivity index (χ4n) is 5.80. The standard InChI is InChI=1S/C28H32N2O5/c1-27(2)10-15-22(16(31)11-27)25(29)24-21(14-7-8-18(33-5)19(9-14)34-6)23-17(32)12-28(3,4)13-20(23)35-26(24)30-15/h7-9,21H,10-13H2,1-6H3,(H2,29,30). The molecule has 0 spiro atoms. The number of carbonyl (C=O) groups excluding carboxylic acids is 2. The number of carbonyl (C=O) groups is 2. The monoisotopic (exact) mass is 476 g/mol. The molecule has 1 aliphatic heterocycles. The van der Waals surface area contributed by atoms with Gasteiger partial charge < -0.3 is 19.9 Å². The minimum atomic E-state index is -0.516. The predicted octanol–water partition coefficient (Wildman–Crippen LogP) is 5.00. The summed E-state index contributed by atoms with van der Waals surface area (Å²) in [6.45, 7) is 8.24. The molecule has 7 heteroatoms. The van der Waals surface area contributed by atoms with Gasteiger partial charge in [0.1, 0.15) is 5.76 Å². The summed E-state index contributed by atoms with van der Waals surface area (Å²) in [4.78, 5) is 31.6. The maximum atomic E-state index is 13.5. The van der Waals surface area contributed by atoms with Gasteiger partial charge in [0.25, 0.3) is 0 Å². The highest BCUT2D eigenvalue weighted by Gasteiger charge is 2.45. The number of allylic oxidation sites excluding steroid dienone is 2. The first-order chi connectivity index (χ1) is 16.4. The van der Waals surface area contributed by atoms with Gasteiger partial charge in [0.2, 0.25) is 5.88 Å². The number of hydrogen-bond acceptors (Lipinski definition) is 7. The molecule has 1 atom stereocenters. The summed E-state index contributed by atoms with van der Waals surface area (Å²) in [7, 11) is 3.15. The number of Topliss-reactive ketones (excluding diaryl/α,β-unsaturated/α-hetero) is 2.